The number of benzene rings is 1. The molecule has 0 saturated carbocycles. The van der Waals surface area contributed by atoms with Crippen LogP contribution in [0.1, 0.15) is 11.8 Å². The minimum absolute atomic E-state index is 0.887. The molecule has 0 amide bonds. The van der Waals surface area contributed by atoms with Crippen LogP contribution in [0.3, 0.4) is 0 Å². The molecule has 1 nitrogen and oxygen atoms in total. The fraction of sp³-hybridized carbons (Fsp3) is 0.200. The summed E-state index contributed by atoms with van der Waals surface area (Å²) in [6.07, 6.45) is 0. The smallest absolute Gasteiger partial charge is 0.0346 e. The summed E-state index contributed by atoms with van der Waals surface area (Å²) >= 11 is 1.85. The number of nitrogens with one attached hydrogen (secondary N) is 1. The average Bonchev–Trinajstić information content (AvgIpc) is 2.78. The first kappa shape index (κ1) is 12.1. The molecule has 2 heteroatoms. The van der Waals surface area contributed by atoms with E-state index < -0.39 is 0 Å². The quantitative estimate of drug-likeness (QED) is 0.780. The zero-order valence-electron chi connectivity index (χ0n) is 10.1. The van der Waals surface area contributed by atoms with Gasteiger partial charge in [-0.15, -0.1) is 11.3 Å². The van der Waals surface area contributed by atoms with Gasteiger partial charge in [0.1, 0.15) is 0 Å². The third-order valence-corrected chi connectivity index (χ3v) is 3.58. The van der Waals surface area contributed by atoms with E-state index in [1.165, 1.54) is 20.9 Å². The van der Waals surface area contributed by atoms with Crippen molar-refractivity contribution in [2.24, 2.45) is 0 Å². The normalized spacial score (nSPS) is 10.4. The van der Waals surface area contributed by atoms with Gasteiger partial charge < -0.3 is 5.32 Å². The molecular weight excluding hydrogens is 226 g/mol. The molecule has 1 heterocycles. The van der Waals surface area contributed by atoms with Crippen LogP contribution in [0.15, 0.2) is 54.6 Å². The maximum atomic E-state index is 3.88. The standard InChI is InChI=1S/C15H17NS/c1-12(2)10-16-11-14-8-9-15(17-14)13-6-4-3-5-7-13/h3-9,16H,1,10-11H2,2H3. The van der Waals surface area contributed by atoms with Crippen LogP contribution in [0.5, 0.6) is 0 Å². The van der Waals surface area contributed by atoms with E-state index in [2.05, 4.69) is 48.3 Å². The Hall–Kier alpha value is -1.38. The van der Waals surface area contributed by atoms with Gasteiger partial charge in [0, 0.05) is 22.8 Å². The van der Waals surface area contributed by atoms with Gasteiger partial charge in [0.05, 0.1) is 0 Å². The van der Waals surface area contributed by atoms with E-state index in [1.807, 2.05) is 24.3 Å². The largest absolute Gasteiger partial charge is 0.308 e. The summed E-state index contributed by atoms with van der Waals surface area (Å²) < 4.78 is 0. The second-order valence-corrected chi connectivity index (χ2v) is 5.36. The fourth-order valence-electron chi connectivity index (χ4n) is 1.63. The summed E-state index contributed by atoms with van der Waals surface area (Å²) in [5, 5.41) is 3.38. The van der Waals surface area contributed by atoms with Crippen LogP contribution in [0.2, 0.25) is 0 Å². The Bertz CT molecular complexity index is 485. The molecule has 0 aliphatic rings. The van der Waals surface area contributed by atoms with Crippen LogP contribution in [-0.2, 0) is 6.54 Å². The molecular formula is C15H17NS. The van der Waals surface area contributed by atoms with Crippen LogP contribution in [0.4, 0.5) is 0 Å². The molecule has 1 N–H and O–H groups in total. The Morgan fingerprint density at radius 1 is 1.18 bits per heavy atom. The van der Waals surface area contributed by atoms with E-state index in [9.17, 15) is 0 Å². The SMILES string of the molecule is C=C(C)CNCc1ccc(-c2ccccc2)s1. The minimum Gasteiger partial charge on any atom is -0.308 e. The highest BCUT2D eigenvalue weighted by molar-refractivity contribution is 7.15. The minimum atomic E-state index is 0.887. The topological polar surface area (TPSA) is 12.0 Å². The molecule has 1 aromatic heterocycles. The molecule has 0 aliphatic heterocycles. The molecule has 2 aromatic rings. The lowest BCUT2D eigenvalue weighted by Gasteiger charge is -2.01. The van der Waals surface area contributed by atoms with Gasteiger partial charge in [0.15, 0.2) is 0 Å². The van der Waals surface area contributed by atoms with Crippen molar-refractivity contribution in [2.45, 2.75) is 13.5 Å². The van der Waals surface area contributed by atoms with Gasteiger partial charge in [-0.2, -0.15) is 0 Å². The molecule has 0 spiro atoms. The predicted octanol–water partition coefficient (Wildman–Crippen LogP) is 4.08. The van der Waals surface area contributed by atoms with Crippen LogP contribution in [0.25, 0.3) is 10.4 Å². The van der Waals surface area contributed by atoms with Crippen molar-refractivity contribution in [2.75, 3.05) is 6.54 Å². The van der Waals surface area contributed by atoms with Crippen molar-refractivity contribution >= 4 is 11.3 Å². The Morgan fingerprint density at radius 3 is 2.65 bits per heavy atom. The van der Waals surface area contributed by atoms with E-state index in [4.69, 9.17) is 0 Å². The van der Waals surface area contributed by atoms with E-state index in [1.54, 1.807) is 0 Å². The van der Waals surface area contributed by atoms with Gasteiger partial charge in [-0.3, -0.25) is 0 Å². The van der Waals surface area contributed by atoms with Crippen molar-refractivity contribution in [3.05, 3.63) is 59.5 Å². The van der Waals surface area contributed by atoms with Crippen LogP contribution >= 0.6 is 11.3 Å². The predicted molar refractivity (Wildman–Crippen MR) is 76.3 cm³/mol. The molecule has 0 unspecified atom stereocenters. The van der Waals surface area contributed by atoms with Gasteiger partial charge in [-0.1, -0.05) is 42.5 Å². The van der Waals surface area contributed by atoms with Crippen molar-refractivity contribution in [1.82, 2.24) is 5.32 Å². The molecule has 0 saturated heterocycles. The molecule has 0 radical (unpaired) electrons. The zero-order valence-corrected chi connectivity index (χ0v) is 10.9. The highest BCUT2D eigenvalue weighted by Gasteiger charge is 2.01. The van der Waals surface area contributed by atoms with E-state index >= 15 is 0 Å². The molecule has 0 atom stereocenters. The fourth-order valence-corrected chi connectivity index (χ4v) is 2.61. The lowest BCUT2D eigenvalue weighted by molar-refractivity contribution is 0.750. The number of hydrogen-bond donors (Lipinski definition) is 1. The molecule has 88 valence electrons. The summed E-state index contributed by atoms with van der Waals surface area (Å²) in [7, 11) is 0. The summed E-state index contributed by atoms with van der Waals surface area (Å²) in [5.41, 5.74) is 2.47. The third-order valence-electron chi connectivity index (χ3n) is 2.45. The molecule has 0 bridgehead atoms. The Morgan fingerprint density at radius 2 is 1.94 bits per heavy atom. The summed E-state index contributed by atoms with van der Waals surface area (Å²) in [4.78, 5) is 2.70. The van der Waals surface area contributed by atoms with Crippen molar-refractivity contribution in [3.63, 3.8) is 0 Å². The van der Waals surface area contributed by atoms with Gasteiger partial charge in [-0.25, -0.2) is 0 Å². The third kappa shape index (κ3) is 3.55. The molecule has 17 heavy (non-hydrogen) atoms. The Balaban J connectivity index is 1.99. The average molecular weight is 243 g/mol. The summed E-state index contributed by atoms with van der Waals surface area (Å²) in [5.74, 6) is 0. The van der Waals surface area contributed by atoms with Crippen LogP contribution < -0.4 is 5.32 Å². The van der Waals surface area contributed by atoms with Gasteiger partial charge in [0.25, 0.3) is 0 Å². The Labute approximate surface area is 107 Å². The number of thiophene rings is 1. The first-order chi connectivity index (χ1) is 8.25. The summed E-state index contributed by atoms with van der Waals surface area (Å²) in [6, 6.07) is 14.9. The van der Waals surface area contributed by atoms with Gasteiger partial charge in [0.2, 0.25) is 0 Å². The van der Waals surface area contributed by atoms with Crippen molar-refractivity contribution in [1.29, 1.82) is 0 Å². The molecule has 1 aromatic carbocycles. The first-order valence-electron chi connectivity index (χ1n) is 5.75. The first-order valence-corrected chi connectivity index (χ1v) is 6.56. The monoisotopic (exact) mass is 243 g/mol. The van der Waals surface area contributed by atoms with Gasteiger partial charge >= 0.3 is 0 Å². The second kappa shape index (κ2) is 5.80. The summed E-state index contributed by atoms with van der Waals surface area (Å²) in [6.45, 7) is 7.73. The highest BCUT2D eigenvalue weighted by Crippen LogP contribution is 2.27. The number of hydrogen-bond acceptors (Lipinski definition) is 2. The number of rotatable bonds is 5. The maximum absolute atomic E-state index is 3.88. The molecule has 0 aliphatic carbocycles. The van der Waals surface area contributed by atoms with Crippen molar-refractivity contribution in [3.8, 4) is 10.4 Å². The molecule has 2 rings (SSSR count). The van der Waals surface area contributed by atoms with Gasteiger partial charge in [-0.05, 0) is 24.6 Å². The van der Waals surface area contributed by atoms with Crippen molar-refractivity contribution < 1.29 is 0 Å². The lowest BCUT2D eigenvalue weighted by atomic mass is 10.2. The zero-order chi connectivity index (χ0) is 12.1. The van der Waals surface area contributed by atoms with Crippen LogP contribution in [0, 0.1) is 0 Å². The molecule has 0 fully saturated rings. The van der Waals surface area contributed by atoms with E-state index in [0.717, 1.165) is 13.1 Å². The van der Waals surface area contributed by atoms with E-state index in [0.29, 0.717) is 0 Å². The maximum Gasteiger partial charge on any atom is 0.0346 e. The highest BCUT2D eigenvalue weighted by atomic mass is 32.1. The van der Waals surface area contributed by atoms with Crippen LogP contribution in [-0.4, -0.2) is 6.54 Å². The lowest BCUT2D eigenvalue weighted by Crippen LogP contribution is -2.14. The van der Waals surface area contributed by atoms with E-state index in [-0.39, 0.29) is 0 Å². The second-order valence-electron chi connectivity index (χ2n) is 4.19. The Kier molecular flexibility index (Phi) is 4.13.